The van der Waals surface area contributed by atoms with Crippen LogP contribution in [0.4, 0.5) is 0 Å². The molecule has 1 saturated carbocycles. The van der Waals surface area contributed by atoms with Gasteiger partial charge in [-0.1, -0.05) is 18.5 Å². The predicted molar refractivity (Wildman–Crippen MR) is 64.9 cm³/mol. The molecular formula is C12H17ClN2O. The Morgan fingerprint density at radius 3 is 3.00 bits per heavy atom. The van der Waals surface area contributed by atoms with Gasteiger partial charge in [0.2, 0.25) is 5.88 Å². The van der Waals surface area contributed by atoms with E-state index in [9.17, 15) is 0 Å². The molecule has 0 saturated heterocycles. The molecule has 0 radical (unpaired) electrons. The number of pyridine rings is 1. The van der Waals surface area contributed by atoms with Crippen molar-refractivity contribution in [3.05, 3.63) is 22.8 Å². The number of nitrogens with zero attached hydrogens (tertiary/aromatic N) is 1. The van der Waals surface area contributed by atoms with Gasteiger partial charge in [0.15, 0.2) is 0 Å². The minimum absolute atomic E-state index is 0.665. The highest BCUT2D eigenvalue weighted by atomic mass is 35.5. The topological polar surface area (TPSA) is 34.1 Å². The molecule has 1 aliphatic rings. The summed E-state index contributed by atoms with van der Waals surface area (Å²) in [6, 6.07) is 4.33. The van der Waals surface area contributed by atoms with Gasteiger partial charge in [0.05, 0.1) is 17.3 Å². The predicted octanol–water partition coefficient (Wildman–Crippen LogP) is 2.78. The van der Waals surface area contributed by atoms with Gasteiger partial charge in [0, 0.05) is 18.7 Å². The number of hydrogen-bond acceptors (Lipinski definition) is 3. The van der Waals surface area contributed by atoms with Crippen LogP contribution in [-0.2, 0) is 6.54 Å². The third-order valence-corrected chi connectivity index (χ3v) is 2.83. The Balaban J connectivity index is 1.96. The molecule has 0 amide bonds. The van der Waals surface area contributed by atoms with Crippen LogP contribution >= 0.6 is 11.6 Å². The van der Waals surface area contributed by atoms with Gasteiger partial charge < -0.3 is 10.1 Å². The SMILES string of the molecule is CCCOc1ccc(Cl)c(CNC2CC2)n1. The quantitative estimate of drug-likeness (QED) is 0.830. The van der Waals surface area contributed by atoms with Crippen LogP contribution in [0.2, 0.25) is 5.02 Å². The van der Waals surface area contributed by atoms with Crippen molar-refractivity contribution in [2.45, 2.75) is 38.8 Å². The Bertz CT molecular complexity index is 353. The van der Waals surface area contributed by atoms with E-state index in [4.69, 9.17) is 16.3 Å². The van der Waals surface area contributed by atoms with Crippen LogP contribution in [0, 0.1) is 0 Å². The van der Waals surface area contributed by atoms with Crippen molar-refractivity contribution >= 4 is 11.6 Å². The van der Waals surface area contributed by atoms with Gasteiger partial charge in [-0.15, -0.1) is 0 Å². The van der Waals surface area contributed by atoms with E-state index in [1.807, 2.05) is 12.1 Å². The molecule has 0 aliphatic heterocycles. The summed E-state index contributed by atoms with van der Waals surface area (Å²) in [4.78, 5) is 4.39. The zero-order chi connectivity index (χ0) is 11.4. The summed E-state index contributed by atoms with van der Waals surface area (Å²) >= 11 is 6.08. The lowest BCUT2D eigenvalue weighted by molar-refractivity contribution is 0.304. The molecule has 0 aromatic carbocycles. The minimum Gasteiger partial charge on any atom is -0.478 e. The number of rotatable bonds is 6. The van der Waals surface area contributed by atoms with Crippen LogP contribution in [0.1, 0.15) is 31.9 Å². The summed E-state index contributed by atoms with van der Waals surface area (Å²) in [7, 11) is 0. The largest absolute Gasteiger partial charge is 0.478 e. The summed E-state index contributed by atoms with van der Waals surface area (Å²) in [5.41, 5.74) is 0.877. The molecule has 0 atom stereocenters. The highest BCUT2D eigenvalue weighted by molar-refractivity contribution is 6.31. The molecule has 1 aliphatic carbocycles. The van der Waals surface area contributed by atoms with Crippen molar-refractivity contribution in [3.63, 3.8) is 0 Å². The maximum absolute atomic E-state index is 6.08. The van der Waals surface area contributed by atoms with E-state index in [2.05, 4.69) is 17.2 Å². The van der Waals surface area contributed by atoms with E-state index < -0.39 is 0 Å². The lowest BCUT2D eigenvalue weighted by atomic mass is 10.3. The minimum atomic E-state index is 0.665. The van der Waals surface area contributed by atoms with E-state index in [1.165, 1.54) is 12.8 Å². The zero-order valence-electron chi connectivity index (χ0n) is 9.50. The monoisotopic (exact) mass is 240 g/mol. The molecule has 1 heterocycles. The third kappa shape index (κ3) is 3.35. The average Bonchev–Trinajstić information content (AvgIpc) is 3.10. The number of hydrogen-bond donors (Lipinski definition) is 1. The molecule has 1 N–H and O–H groups in total. The zero-order valence-corrected chi connectivity index (χ0v) is 10.3. The van der Waals surface area contributed by atoms with Crippen LogP contribution in [0.3, 0.4) is 0 Å². The van der Waals surface area contributed by atoms with Crippen molar-refractivity contribution in [3.8, 4) is 5.88 Å². The van der Waals surface area contributed by atoms with Crippen LogP contribution in [0.15, 0.2) is 12.1 Å². The second-order valence-electron chi connectivity index (χ2n) is 4.08. The first-order valence-corrected chi connectivity index (χ1v) is 6.19. The summed E-state index contributed by atoms with van der Waals surface area (Å²) in [6.45, 7) is 3.50. The first kappa shape index (κ1) is 11.7. The van der Waals surface area contributed by atoms with Gasteiger partial charge >= 0.3 is 0 Å². The Morgan fingerprint density at radius 1 is 1.50 bits per heavy atom. The Labute approximate surface area is 101 Å². The Kier molecular flexibility index (Phi) is 4.02. The lowest BCUT2D eigenvalue weighted by Gasteiger charge is -2.08. The van der Waals surface area contributed by atoms with E-state index in [0.29, 0.717) is 23.6 Å². The smallest absolute Gasteiger partial charge is 0.213 e. The summed E-state index contributed by atoms with van der Waals surface area (Å²) < 4.78 is 5.48. The fraction of sp³-hybridized carbons (Fsp3) is 0.583. The fourth-order valence-corrected chi connectivity index (χ4v) is 1.58. The second kappa shape index (κ2) is 5.51. The molecule has 4 heteroatoms. The number of nitrogens with one attached hydrogen (secondary N) is 1. The molecule has 2 rings (SSSR count). The van der Waals surface area contributed by atoms with Crippen LogP contribution < -0.4 is 10.1 Å². The molecule has 1 fully saturated rings. The van der Waals surface area contributed by atoms with Crippen molar-refractivity contribution in [1.82, 2.24) is 10.3 Å². The van der Waals surface area contributed by atoms with Crippen molar-refractivity contribution < 1.29 is 4.74 Å². The maximum atomic E-state index is 6.08. The lowest BCUT2D eigenvalue weighted by Crippen LogP contribution is -2.16. The molecule has 3 nitrogen and oxygen atoms in total. The van der Waals surface area contributed by atoms with E-state index in [-0.39, 0.29) is 0 Å². The van der Waals surface area contributed by atoms with Gasteiger partial charge in [0.25, 0.3) is 0 Å². The standard InChI is InChI=1S/C12H17ClN2O/c1-2-7-16-12-6-5-10(13)11(15-12)8-14-9-3-4-9/h5-6,9,14H,2-4,7-8H2,1H3. The van der Waals surface area contributed by atoms with Crippen LogP contribution in [0.5, 0.6) is 5.88 Å². The number of aromatic nitrogens is 1. The molecule has 0 bridgehead atoms. The molecule has 1 aromatic rings. The van der Waals surface area contributed by atoms with Gasteiger partial charge in [-0.2, -0.15) is 0 Å². The summed E-state index contributed by atoms with van der Waals surface area (Å²) in [6.07, 6.45) is 3.52. The van der Waals surface area contributed by atoms with Crippen molar-refractivity contribution in [1.29, 1.82) is 0 Å². The maximum Gasteiger partial charge on any atom is 0.213 e. The highest BCUT2D eigenvalue weighted by Gasteiger charge is 2.20. The summed E-state index contributed by atoms with van der Waals surface area (Å²) in [5, 5.41) is 4.10. The van der Waals surface area contributed by atoms with Gasteiger partial charge in [-0.05, 0) is 25.3 Å². The normalized spacial score (nSPS) is 15.1. The molecule has 88 valence electrons. The Hall–Kier alpha value is -0.800. The van der Waals surface area contributed by atoms with E-state index >= 15 is 0 Å². The molecule has 1 aromatic heterocycles. The summed E-state index contributed by atoms with van der Waals surface area (Å²) in [5.74, 6) is 0.666. The number of halogens is 1. The molecule has 0 unspecified atom stereocenters. The van der Waals surface area contributed by atoms with E-state index in [1.54, 1.807) is 0 Å². The van der Waals surface area contributed by atoms with Gasteiger partial charge in [-0.3, -0.25) is 0 Å². The van der Waals surface area contributed by atoms with Crippen molar-refractivity contribution in [2.24, 2.45) is 0 Å². The highest BCUT2D eigenvalue weighted by Crippen LogP contribution is 2.22. The van der Waals surface area contributed by atoms with E-state index in [0.717, 1.165) is 18.7 Å². The third-order valence-electron chi connectivity index (χ3n) is 2.48. The van der Waals surface area contributed by atoms with Gasteiger partial charge in [-0.25, -0.2) is 4.98 Å². The second-order valence-corrected chi connectivity index (χ2v) is 4.49. The fourth-order valence-electron chi connectivity index (χ4n) is 1.40. The Morgan fingerprint density at radius 2 is 2.31 bits per heavy atom. The molecule has 16 heavy (non-hydrogen) atoms. The first-order valence-electron chi connectivity index (χ1n) is 5.81. The molecule has 0 spiro atoms. The first-order chi connectivity index (χ1) is 7.79. The van der Waals surface area contributed by atoms with Crippen LogP contribution in [-0.4, -0.2) is 17.6 Å². The average molecular weight is 241 g/mol. The van der Waals surface area contributed by atoms with Crippen LogP contribution in [0.25, 0.3) is 0 Å². The van der Waals surface area contributed by atoms with Gasteiger partial charge in [0.1, 0.15) is 0 Å². The van der Waals surface area contributed by atoms with Crippen molar-refractivity contribution in [2.75, 3.05) is 6.61 Å². The molecular weight excluding hydrogens is 224 g/mol. The number of ether oxygens (including phenoxy) is 1.